The third kappa shape index (κ3) is 5.10. The van der Waals surface area contributed by atoms with Crippen LogP contribution in [0.1, 0.15) is 32.1 Å². The lowest BCUT2D eigenvalue weighted by atomic mass is 9.83. The predicted octanol–water partition coefficient (Wildman–Crippen LogP) is 2.16. The van der Waals surface area contributed by atoms with Crippen LogP contribution in [-0.4, -0.2) is 61.3 Å². The highest BCUT2D eigenvalue weighted by atomic mass is 16.2. The Balaban J connectivity index is 1.54. The molecule has 2 fully saturated rings. The fourth-order valence-electron chi connectivity index (χ4n) is 3.69. The predicted molar refractivity (Wildman–Crippen MR) is 109 cm³/mol. The average molecular weight is 386 g/mol. The van der Waals surface area contributed by atoms with Crippen LogP contribution in [0.5, 0.6) is 0 Å². The number of carbonyl (C=O) groups excluding carboxylic acids is 3. The van der Waals surface area contributed by atoms with Gasteiger partial charge in [0.1, 0.15) is 0 Å². The molecule has 1 aliphatic heterocycles. The Kier molecular flexibility index (Phi) is 6.67. The van der Waals surface area contributed by atoms with Crippen LogP contribution in [0.25, 0.3) is 0 Å². The molecule has 28 heavy (non-hydrogen) atoms. The number of piperidine rings is 1. The smallest absolute Gasteiger partial charge is 0.238 e. The molecule has 1 aromatic rings. The summed E-state index contributed by atoms with van der Waals surface area (Å²) in [6.07, 6.45) is 4.53. The number of anilines is 2. The summed E-state index contributed by atoms with van der Waals surface area (Å²) < 4.78 is 0. The standard InChI is InChI=1S/C21H30N4O3/c1-24(2)14-19(26)22-17-8-3-4-9-18(17)23-20(27)15-10-12-25(13-11-15)21(28)16-6-5-7-16/h3-4,8-9,15-16H,5-7,10-14H2,1-2H3,(H,22,26)(H,23,27). The largest absolute Gasteiger partial charge is 0.342 e. The van der Waals surface area contributed by atoms with Crippen molar-refractivity contribution in [3.8, 4) is 0 Å². The maximum absolute atomic E-state index is 12.7. The molecule has 1 aromatic carbocycles. The van der Waals surface area contributed by atoms with Gasteiger partial charge < -0.3 is 20.4 Å². The number of likely N-dealkylation sites (N-methyl/N-ethyl adjacent to an activating group) is 1. The van der Waals surface area contributed by atoms with Gasteiger partial charge in [-0.15, -0.1) is 0 Å². The molecule has 0 radical (unpaired) electrons. The van der Waals surface area contributed by atoms with Crippen LogP contribution in [0.4, 0.5) is 11.4 Å². The Bertz CT molecular complexity index is 722. The van der Waals surface area contributed by atoms with Crippen LogP contribution in [0.15, 0.2) is 24.3 Å². The average Bonchev–Trinajstić information content (AvgIpc) is 2.61. The van der Waals surface area contributed by atoms with Gasteiger partial charge in [0.15, 0.2) is 0 Å². The first-order chi connectivity index (χ1) is 13.4. The molecule has 0 aromatic heterocycles. The number of hydrogen-bond acceptors (Lipinski definition) is 4. The monoisotopic (exact) mass is 386 g/mol. The summed E-state index contributed by atoms with van der Waals surface area (Å²) in [5, 5.41) is 5.81. The van der Waals surface area contributed by atoms with Gasteiger partial charge >= 0.3 is 0 Å². The van der Waals surface area contributed by atoms with E-state index in [1.807, 2.05) is 31.1 Å². The second-order valence-electron chi connectivity index (χ2n) is 8.05. The lowest BCUT2D eigenvalue weighted by molar-refractivity contribution is -0.140. The molecular weight excluding hydrogens is 356 g/mol. The minimum absolute atomic E-state index is 0.0509. The number of rotatable bonds is 6. The zero-order chi connectivity index (χ0) is 20.1. The van der Waals surface area contributed by atoms with Crippen LogP contribution in [0, 0.1) is 11.8 Å². The molecule has 2 aliphatic rings. The van der Waals surface area contributed by atoms with Crippen molar-refractivity contribution in [1.29, 1.82) is 0 Å². The molecule has 0 spiro atoms. The third-order valence-corrected chi connectivity index (χ3v) is 5.55. The fraction of sp³-hybridized carbons (Fsp3) is 0.571. The van der Waals surface area contributed by atoms with E-state index in [4.69, 9.17) is 0 Å². The Labute approximate surface area is 166 Å². The zero-order valence-corrected chi connectivity index (χ0v) is 16.7. The van der Waals surface area contributed by atoms with E-state index >= 15 is 0 Å². The molecule has 1 saturated carbocycles. The summed E-state index contributed by atoms with van der Waals surface area (Å²) in [7, 11) is 3.66. The maximum Gasteiger partial charge on any atom is 0.238 e. The second kappa shape index (κ2) is 9.19. The van der Waals surface area contributed by atoms with Crippen LogP contribution >= 0.6 is 0 Å². The fourth-order valence-corrected chi connectivity index (χ4v) is 3.69. The van der Waals surface area contributed by atoms with E-state index < -0.39 is 0 Å². The number of amides is 3. The lowest BCUT2D eigenvalue weighted by Crippen LogP contribution is -2.45. The van der Waals surface area contributed by atoms with Gasteiger partial charge in [0.05, 0.1) is 17.9 Å². The van der Waals surface area contributed by atoms with Gasteiger partial charge in [-0.05, 0) is 51.9 Å². The molecular formula is C21H30N4O3. The van der Waals surface area contributed by atoms with Crippen molar-refractivity contribution < 1.29 is 14.4 Å². The summed E-state index contributed by atoms with van der Waals surface area (Å²) >= 11 is 0. The molecule has 2 N–H and O–H groups in total. The first-order valence-corrected chi connectivity index (χ1v) is 10.1. The molecule has 1 saturated heterocycles. The molecule has 3 rings (SSSR count). The van der Waals surface area contributed by atoms with Gasteiger partial charge in [-0.1, -0.05) is 18.6 Å². The molecule has 152 valence electrons. The SMILES string of the molecule is CN(C)CC(=O)Nc1ccccc1NC(=O)C1CCN(C(=O)C2CCC2)CC1. The number of nitrogens with one attached hydrogen (secondary N) is 2. The Morgan fingerprint density at radius 1 is 0.964 bits per heavy atom. The number of benzene rings is 1. The van der Waals surface area contributed by atoms with Crippen LogP contribution in [0.3, 0.4) is 0 Å². The van der Waals surface area contributed by atoms with E-state index in [2.05, 4.69) is 10.6 Å². The molecule has 0 unspecified atom stereocenters. The van der Waals surface area contributed by atoms with Gasteiger partial charge in [-0.25, -0.2) is 0 Å². The van der Waals surface area contributed by atoms with Crippen molar-refractivity contribution in [3.05, 3.63) is 24.3 Å². The highest BCUT2D eigenvalue weighted by Crippen LogP contribution is 2.30. The number of para-hydroxylation sites is 2. The number of carbonyl (C=O) groups is 3. The normalized spacial score (nSPS) is 17.9. The van der Waals surface area contributed by atoms with E-state index in [-0.39, 0.29) is 36.1 Å². The van der Waals surface area contributed by atoms with Gasteiger partial charge in [-0.2, -0.15) is 0 Å². The van der Waals surface area contributed by atoms with Crippen LogP contribution in [0.2, 0.25) is 0 Å². The van der Waals surface area contributed by atoms with Crippen molar-refractivity contribution in [2.24, 2.45) is 11.8 Å². The second-order valence-corrected chi connectivity index (χ2v) is 8.05. The number of hydrogen-bond donors (Lipinski definition) is 2. The van der Waals surface area contributed by atoms with Gasteiger partial charge in [-0.3, -0.25) is 14.4 Å². The molecule has 3 amide bonds. The summed E-state index contributed by atoms with van der Waals surface area (Å²) in [6.45, 7) is 1.57. The molecule has 1 aliphatic carbocycles. The summed E-state index contributed by atoms with van der Waals surface area (Å²) in [4.78, 5) is 40.8. The molecule has 0 atom stereocenters. The van der Waals surface area contributed by atoms with Gasteiger partial charge in [0, 0.05) is 24.9 Å². The first kappa shape index (κ1) is 20.3. The Morgan fingerprint density at radius 3 is 2.11 bits per heavy atom. The zero-order valence-electron chi connectivity index (χ0n) is 16.7. The van der Waals surface area contributed by atoms with Crippen molar-refractivity contribution in [2.75, 3.05) is 44.4 Å². The van der Waals surface area contributed by atoms with E-state index in [1.165, 1.54) is 0 Å². The van der Waals surface area contributed by atoms with Crippen molar-refractivity contribution >= 4 is 29.1 Å². The summed E-state index contributed by atoms with van der Waals surface area (Å²) in [5.74, 6) is 0.178. The van der Waals surface area contributed by atoms with E-state index in [0.29, 0.717) is 37.3 Å². The molecule has 7 nitrogen and oxygen atoms in total. The van der Waals surface area contributed by atoms with Crippen molar-refractivity contribution in [2.45, 2.75) is 32.1 Å². The highest BCUT2D eigenvalue weighted by molar-refractivity contribution is 6.00. The van der Waals surface area contributed by atoms with E-state index in [9.17, 15) is 14.4 Å². The number of nitrogens with zero attached hydrogens (tertiary/aromatic N) is 2. The topological polar surface area (TPSA) is 81.8 Å². The Morgan fingerprint density at radius 2 is 1.57 bits per heavy atom. The summed E-state index contributed by atoms with van der Waals surface area (Å²) in [6, 6.07) is 7.23. The Hall–Kier alpha value is -2.41. The number of likely N-dealkylation sites (tertiary alicyclic amines) is 1. The van der Waals surface area contributed by atoms with Crippen molar-refractivity contribution in [1.82, 2.24) is 9.80 Å². The van der Waals surface area contributed by atoms with Crippen molar-refractivity contribution in [3.63, 3.8) is 0 Å². The van der Waals surface area contributed by atoms with Gasteiger partial charge in [0.2, 0.25) is 17.7 Å². The lowest BCUT2D eigenvalue weighted by Gasteiger charge is -2.36. The van der Waals surface area contributed by atoms with E-state index in [0.717, 1.165) is 19.3 Å². The van der Waals surface area contributed by atoms with E-state index in [1.54, 1.807) is 17.0 Å². The van der Waals surface area contributed by atoms with Crippen LogP contribution < -0.4 is 10.6 Å². The third-order valence-electron chi connectivity index (χ3n) is 5.55. The molecule has 0 bridgehead atoms. The first-order valence-electron chi connectivity index (χ1n) is 10.1. The quantitative estimate of drug-likeness (QED) is 0.785. The maximum atomic E-state index is 12.7. The summed E-state index contributed by atoms with van der Waals surface area (Å²) in [5.41, 5.74) is 1.20. The minimum Gasteiger partial charge on any atom is -0.342 e. The van der Waals surface area contributed by atoms with Crippen LogP contribution in [-0.2, 0) is 14.4 Å². The minimum atomic E-state index is -0.130. The highest BCUT2D eigenvalue weighted by Gasteiger charge is 2.33. The molecule has 7 heteroatoms. The van der Waals surface area contributed by atoms with Gasteiger partial charge in [0.25, 0.3) is 0 Å². The molecule has 1 heterocycles.